The normalized spacial score (nSPS) is 12.6. The molecule has 0 spiro atoms. The molecule has 0 fully saturated rings. The molecule has 34 heavy (non-hydrogen) atoms. The number of pyridine rings is 1. The van der Waals surface area contributed by atoms with Crippen molar-refractivity contribution in [3.8, 4) is 11.4 Å². The maximum absolute atomic E-state index is 12.7. The van der Waals surface area contributed by atoms with E-state index >= 15 is 0 Å². The summed E-state index contributed by atoms with van der Waals surface area (Å²) in [6, 6.07) is 25.9. The van der Waals surface area contributed by atoms with E-state index in [1.165, 1.54) is 4.90 Å². The van der Waals surface area contributed by atoms with Crippen molar-refractivity contribution in [1.29, 1.82) is 0 Å². The zero-order chi connectivity index (χ0) is 23.2. The van der Waals surface area contributed by atoms with Crippen LogP contribution in [0.4, 0.5) is 4.79 Å². The summed E-state index contributed by atoms with van der Waals surface area (Å²) < 4.78 is 14.6. The highest BCUT2D eigenvalue weighted by Gasteiger charge is 2.29. The lowest BCUT2D eigenvalue weighted by molar-refractivity contribution is 0.162. The fourth-order valence-corrected chi connectivity index (χ4v) is 4.27. The topological polar surface area (TPSA) is 56.6 Å². The van der Waals surface area contributed by atoms with Crippen LogP contribution in [0.2, 0.25) is 0 Å². The number of carbonyl (C=O) groups excluding carboxylic acids is 1. The molecule has 1 aliphatic rings. The van der Waals surface area contributed by atoms with Gasteiger partial charge >= 0.3 is 6.09 Å². The zero-order valence-electron chi connectivity index (χ0n) is 18.7. The van der Waals surface area contributed by atoms with Gasteiger partial charge in [-0.3, -0.25) is 4.98 Å². The molecule has 0 radical (unpaired) electrons. The highest BCUT2D eigenvalue weighted by molar-refractivity contribution is 5.99. The Morgan fingerprint density at radius 2 is 1.68 bits per heavy atom. The van der Waals surface area contributed by atoms with Gasteiger partial charge in [0.1, 0.15) is 0 Å². The van der Waals surface area contributed by atoms with Gasteiger partial charge in [-0.1, -0.05) is 42.5 Å². The summed E-state index contributed by atoms with van der Waals surface area (Å²) >= 11 is 0. The second-order valence-electron chi connectivity index (χ2n) is 8.33. The van der Waals surface area contributed by atoms with Crippen LogP contribution in [0, 0.1) is 0 Å². The largest absolute Gasteiger partial charge is 0.450 e. The van der Waals surface area contributed by atoms with Gasteiger partial charge in [0.25, 0.3) is 0 Å². The molecule has 0 bridgehead atoms. The Balaban J connectivity index is 1.68. The van der Waals surface area contributed by atoms with Crippen molar-refractivity contribution < 1.29 is 14.3 Å². The predicted octanol–water partition coefficient (Wildman–Crippen LogP) is 6.10. The van der Waals surface area contributed by atoms with Crippen LogP contribution in [0.1, 0.15) is 11.3 Å². The Kier molecular flexibility index (Phi) is 4.59. The molecule has 0 saturated carbocycles. The molecule has 0 unspecified atom stereocenters. The average Bonchev–Trinajstić information content (AvgIpc) is 3.30. The van der Waals surface area contributed by atoms with Crippen molar-refractivity contribution in [2.24, 2.45) is 0 Å². The number of amides is 1. The van der Waals surface area contributed by atoms with Gasteiger partial charge in [-0.25, -0.2) is 4.79 Å². The summed E-state index contributed by atoms with van der Waals surface area (Å²) in [4.78, 5) is 18.8. The number of hydrogen-bond acceptors (Lipinski definition) is 4. The van der Waals surface area contributed by atoms with Gasteiger partial charge in [-0.05, 0) is 47.2 Å². The molecule has 2 aromatic heterocycles. The monoisotopic (exact) mass is 447 g/mol. The fraction of sp³-hybridized carbons (Fsp3) is 0.0714. The molecule has 3 aromatic carbocycles. The van der Waals surface area contributed by atoms with Crippen molar-refractivity contribution in [1.82, 2.24) is 14.5 Å². The summed E-state index contributed by atoms with van der Waals surface area (Å²) in [5.74, 6) is 1.44. The van der Waals surface area contributed by atoms with E-state index in [9.17, 15) is 4.79 Å². The molecule has 1 amide bonds. The lowest BCUT2D eigenvalue weighted by atomic mass is 10.1. The summed E-state index contributed by atoms with van der Waals surface area (Å²) in [6.07, 6.45) is 3.20. The molecule has 0 N–H and O–H groups in total. The fourth-order valence-electron chi connectivity index (χ4n) is 4.27. The van der Waals surface area contributed by atoms with Gasteiger partial charge < -0.3 is 18.9 Å². The van der Waals surface area contributed by atoms with Crippen LogP contribution in [0.5, 0.6) is 5.75 Å². The van der Waals surface area contributed by atoms with E-state index in [1.54, 1.807) is 20.3 Å². The minimum absolute atomic E-state index is 0.335. The van der Waals surface area contributed by atoms with Crippen LogP contribution >= 0.6 is 0 Å². The smallest absolute Gasteiger partial charge is 0.414 e. The molecule has 0 atom stereocenters. The number of ether oxygens (including phenoxy) is 2. The second-order valence-corrected chi connectivity index (χ2v) is 8.33. The molecule has 0 saturated heterocycles. The first-order valence-corrected chi connectivity index (χ1v) is 11.0. The number of aromatic nitrogens is 2. The van der Waals surface area contributed by atoms with E-state index in [4.69, 9.17) is 9.47 Å². The van der Waals surface area contributed by atoms with Crippen LogP contribution in [-0.4, -0.2) is 34.6 Å². The summed E-state index contributed by atoms with van der Waals surface area (Å²) in [7, 11) is 3.31. The lowest BCUT2D eigenvalue weighted by Gasteiger charge is -2.17. The number of benzene rings is 3. The first-order valence-electron chi connectivity index (χ1n) is 11.0. The van der Waals surface area contributed by atoms with E-state index in [0.29, 0.717) is 23.0 Å². The molecule has 1 aliphatic heterocycles. The number of fused-ring (bicyclic) bond motifs is 5. The number of rotatable bonds is 2. The van der Waals surface area contributed by atoms with E-state index in [-0.39, 0.29) is 0 Å². The highest BCUT2D eigenvalue weighted by atomic mass is 16.6. The van der Waals surface area contributed by atoms with E-state index in [0.717, 1.165) is 32.9 Å². The summed E-state index contributed by atoms with van der Waals surface area (Å²) in [5.41, 5.74) is 3.08. The molecule has 6 heteroatoms. The van der Waals surface area contributed by atoms with Gasteiger partial charge in [-0.15, -0.1) is 0 Å². The summed E-state index contributed by atoms with van der Waals surface area (Å²) in [6.45, 7) is 0. The standard InChI is InChI=1S/C28H21N3O3/c1-30(2)28(32)34-27-22-13-7-15-31(22)23-16-19-8-3-4-9-20(19)17-24(23)33-26(27)21-12-5-10-18-11-6-14-29-25(18)21/h3-17H,1-2H3. The average molecular weight is 447 g/mol. The molecule has 3 heterocycles. The van der Waals surface area contributed by atoms with Crippen LogP contribution in [0.25, 0.3) is 38.9 Å². The minimum Gasteiger partial charge on any atom is -0.450 e. The van der Waals surface area contributed by atoms with Gasteiger partial charge in [-0.2, -0.15) is 0 Å². The minimum atomic E-state index is -0.492. The number of hydrogen-bond donors (Lipinski definition) is 0. The molecule has 0 aliphatic carbocycles. The molecule has 6 nitrogen and oxygen atoms in total. The maximum atomic E-state index is 12.7. The molecular weight excluding hydrogens is 426 g/mol. The second kappa shape index (κ2) is 7.78. The Morgan fingerprint density at radius 1 is 0.912 bits per heavy atom. The highest BCUT2D eigenvalue weighted by Crippen LogP contribution is 2.41. The van der Waals surface area contributed by atoms with Crippen LogP contribution in [-0.2, 0) is 4.74 Å². The van der Waals surface area contributed by atoms with Crippen molar-refractivity contribution in [3.63, 3.8) is 0 Å². The van der Waals surface area contributed by atoms with Gasteiger partial charge in [0, 0.05) is 37.4 Å². The number of carbonyl (C=O) groups is 1. The van der Waals surface area contributed by atoms with E-state index in [1.807, 2.05) is 71.4 Å². The number of nitrogens with zero attached hydrogens (tertiary/aromatic N) is 3. The van der Waals surface area contributed by atoms with Crippen molar-refractivity contribution in [2.45, 2.75) is 0 Å². The third kappa shape index (κ3) is 3.19. The molecule has 6 rings (SSSR count). The van der Waals surface area contributed by atoms with Gasteiger partial charge in [0.05, 0.1) is 16.9 Å². The first-order chi connectivity index (χ1) is 16.6. The molecule has 5 aromatic rings. The van der Waals surface area contributed by atoms with Crippen LogP contribution in [0.3, 0.4) is 0 Å². The van der Waals surface area contributed by atoms with Crippen molar-refractivity contribution in [2.75, 3.05) is 14.1 Å². The van der Waals surface area contributed by atoms with E-state index < -0.39 is 6.09 Å². The van der Waals surface area contributed by atoms with Crippen LogP contribution in [0.15, 0.2) is 91.3 Å². The third-order valence-electron chi connectivity index (χ3n) is 5.92. The number of para-hydroxylation sites is 1. The van der Waals surface area contributed by atoms with Crippen molar-refractivity contribution >= 4 is 39.3 Å². The molecular formula is C28H21N3O3. The Bertz CT molecular complexity index is 1610. The third-order valence-corrected chi connectivity index (χ3v) is 5.92. The predicted molar refractivity (Wildman–Crippen MR) is 133 cm³/mol. The van der Waals surface area contributed by atoms with E-state index in [2.05, 4.69) is 23.2 Å². The van der Waals surface area contributed by atoms with Crippen LogP contribution < -0.4 is 4.74 Å². The van der Waals surface area contributed by atoms with Crippen molar-refractivity contribution in [3.05, 3.63) is 103 Å². The molecule has 166 valence electrons. The Hall–Kier alpha value is -4.58. The maximum Gasteiger partial charge on any atom is 0.414 e. The lowest BCUT2D eigenvalue weighted by Crippen LogP contribution is -2.23. The first kappa shape index (κ1) is 20.1. The summed E-state index contributed by atoms with van der Waals surface area (Å²) in [5, 5.41) is 3.11. The zero-order valence-corrected chi connectivity index (χ0v) is 18.7. The van der Waals surface area contributed by atoms with Gasteiger partial charge in [0.2, 0.25) is 0 Å². The quantitative estimate of drug-likeness (QED) is 0.328. The van der Waals surface area contributed by atoms with Gasteiger partial charge in [0.15, 0.2) is 17.3 Å². The SMILES string of the molecule is CN(C)C(=O)OC1=C(c2cccc3cccnc23)Oc2cc3ccccc3cc2-n2cccc21. The Labute approximate surface area is 196 Å². The Morgan fingerprint density at radius 3 is 2.50 bits per heavy atom.